The normalized spacial score (nSPS) is 20.7. The summed E-state index contributed by atoms with van der Waals surface area (Å²) >= 11 is 0. The summed E-state index contributed by atoms with van der Waals surface area (Å²) in [4.78, 5) is 15.6. The molecule has 3 heterocycles. The minimum atomic E-state index is 0.539. The number of rotatable bonds is 4. The molecule has 4 rings (SSSR count). The molecule has 24 heavy (non-hydrogen) atoms. The monoisotopic (exact) mass is 323 g/mol. The number of anilines is 1. The van der Waals surface area contributed by atoms with Crippen LogP contribution in [0, 0.1) is 12.3 Å². The van der Waals surface area contributed by atoms with E-state index in [1.807, 2.05) is 18.3 Å². The number of nitrogens with one attached hydrogen (secondary N) is 1. The molecule has 126 valence electrons. The number of aryl methyl sites for hydroxylation is 1. The van der Waals surface area contributed by atoms with Gasteiger partial charge in [0.05, 0.1) is 5.69 Å². The van der Waals surface area contributed by atoms with E-state index in [9.17, 15) is 0 Å². The fraction of sp³-hybridized carbons (Fsp3) is 0.526. The molecule has 1 aliphatic carbocycles. The quantitative estimate of drug-likeness (QED) is 0.937. The molecule has 5 nitrogen and oxygen atoms in total. The third-order valence-corrected chi connectivity index (χ3v) is 5.67. The summed E-state index contributed by atoms with van der Waals surface area (Å²) in [7, 11) is 0. The molecule has 0 radical (unpaired) electrons. The van der Waals surface area contributed by atoms with Crippen LogP contribution in [0.25, 0.3) is 0 Å². The first kappa shape index (κ1) is 15.5. The van der Waals surface area contributed by atoms with Crippen molar-refractivity contribution in [3.8, 4) is 0 Å². The summed E-state index contributed by atoms with van der Waals surface area (Å²) in [6.07, 6.45) is 10.6. The first-order valence-corrected chi connectivity index (χ1v) is 8.89. The lowest BCUT2D eigenvalue weighted by molar-refractivity contribution is 0.0204. The molecular weight excluding hydrogens is 298 g/mol. The highest BCUT2D eigenvalue weighted by molar-refractivity contribution is 5.27. The van der Waals surface area contributed by atoms with E-state index in [-0.39, 0.29) is 0 Å². The Labute approximate surface area is 143 Å². The maximum Gasteiger partial charge on any atom is 0.222 e. The van der Waals surface area contributed by atoms with Gasteiger partial charge in [-0.2, -0.15) is 0 Å². The van der Waals surface area contributed by atoms with Gasteiger partial charge >= 0.3 is 0 Å². The fourth-order valence-corrected chi connectivity index (χ4v) is 4.13. The largest absolute Gasteiger partial charge is 0.351 e. The van der Waals surface area contributed by atoms with Crippen molar-refractivity contribution in [1.82, 2.24) is 19.9 Å². The molecule has 1 saturated carbocycles. The lowest BCUT2D eigenvalue weighted by Gasteiger charge is -2.52. The van der Waals surface area contributed by atoms with E-state index < -0.39 is 0 Å². The molecule has 2 aromatic rings. The molecular formula is C19H25N5. The average Bonchev–Trinajstić information content (AvgIpc) is 2.58. The smallest absolute Gasteiger partial charge is 0.222 e. The molecule has 0 bridgehead atoms. The number of hydrogen-bond donors (Lipinski definition) is 1. The maximum atomic E-state index is 4.54. The molecule has 1 N–H and O–H groups in total. The second kappa shape index (κ2) is 6.48. The summed E-state index contributed by atoms with van der Waals surface area (Å²) in [5.41, 5.74) is 3.07. The van der Waals surface area contributed by atoms with Crippen LogP contribution in [-0.4, -0.2) is 39.0 Å². The maximum absolute atomic E-state index is 4.54. The molecule has 1 aliphatic heterocycles. The van der Waals surface area contributed by atoms with Crippen molar-refractivity contribution in [2.75, 3.05) is 18.4 Å². The Morgan fingerprint density at radius 2 is 1.79 bits per heavy atom. The predicted molar refractivity (Wildman–Crippen MR) is 94.6 cm³/mol. The van der Waals surface area contributed by atoms with Crippen LogP contribution < -0.4 is 5.32 Å². The van der Waals surface area contributed by atoms with Crippen LogP contribution in [0.15, 0.2) is 36.8 Å². The predicted octanol–water partition coefficient (Wildman–Crippen LogP) is 3.04. The van der Waals surface area contributed by atoms with Gasteiger partial charge in [-0.05, 0) is 68.8 Å². The van der Waals surface area contributed by atoms with Crippen LogP contribution in [0.2, 0.25) is 0 Å². The van der Waals surface area contributed by atoms with E-state index in [1.165, 1.54) is 50.0 Å². The minimum absolute atomic E-state index is 0.539. The van der Waals surface area contributed by atoms with E-state index in [0.717, 1.165) is 12.5 Å². The van der Waals surface area contributed by atoms with Crippen molar-refractivity contribution in [3.05, 3.63) is 48.0 Å². The van der Waals surface area contributed by atoms with Gasteiger partial charge in [0.2, 0.25) is 5.95 Å². The Morgan fingerprint density at radius 1 is 1.08 bits per heavy atom. The Morgan fingerprint density at radius 3 is 2.50 bits per heavy atom. The van der Waals surface area contributed by atoms with Gasteiger partial charge in [-0.15, -0.1) is 0 Å². The SMILES string of the molecule is Cc1cccnc1CN1CCC2(CC1)CC(Nc1ncccn1)C2. The van der Waals surface area contributed by atoms with Gasteiger partial charge in [0.1, 0.15) is 0 Å². The minimum Gasteiger partial charge on any atom is -0.351 e. The molecule has 2 aliphatic rings. The highest BCUT2D eigenvalue weighted by Gasteiger charge is 2.45. The van der Waals surface area contributed by atoms with E-state index >= 15 is 0 Å². The number of aromatic nitrogens is 3. The molecule has 5 heteroatoms. The van der Waals surface area contributed by atoms with Gasteiger partial charge in [0, 0.05) is 31.2 Å². The van der Waals surface area contributed by atoms with Crippen molar-refractivity contribution in [2.24, 2.45) is 5.41 Å². The summed E-state index contributed by atoms with van der Waals surface area (Å²) in [5, 5.41) is 3.46. The Hall–Kier alpha value is -2.01. The van der Waals surface area contributed by atoms with E-state index in [1.54, 1.807) is 12.4 Å². The molecule has 2 aromatic heterocycles. The van der Waals surface area contributed by atoms with Crippen LogP contribution in [0.3, 0.4) is 0 Å². The van der Waals surface area contributed by atoms with Crippen molar-refractivity contribution in [1.29, 1.82) is 0 Å². The van der Waals surface area contributed by atoms with Crippen LogP contribution in [0.5, 0.6) is 0 Å². The highest BCUT2D eigenvalue weighted by Crippen LogP contribution is 2.49. The topological polar surface area (TPSA) is 53.9 Å². The van der Waals surface area contributed by atoms with Crippen molar-refractivity contribution >= 4 is 5.95 Å². The third-order valence-electron chi connectivity index (χ3n) is 5.67. The number of piperidine rings is 1. The fourth-order valence-electron chi connectivity index (χ4n) is 4.13. The van der Waals surface area contributed by atoms with Gasteiger partial charge < -0.3 is 5.32 Å². The van der Waals surface area contributed by atoms with Crippen LogP contribution >= 0.6 is 0 Å². The van der Waals surface area contributed by atoms with Gasteiger partial charge in [0.15, 0.2) is 0 Å². The zero-order valence-electron chi connectivity index (χ0n) is 14.3. The molecule has 0 unspecified atom stereocenters. The van der Waals surface area contributed by atoms with E-state index in [4.69, 9.17) is 0 Å². The van der Waals surface area contributed by atoms with Gasteiger partial charge in [-0.1, -0.05) is 6.07 Å². The van der Waals surface area contributed by atoms with Crippen molar-refractivity contribution < 1.29 is 0 Å². The second-order valence-electron chi connectivity index (χ2n) is 7.37. The van der Waals surface area contributed by atoms with E-state index in [2.05, 4.69) is 38.2 Å². The van der Waals surface area contributed by atoms with Crippen LogP contribution in [-0.2, 0) is 6.54 Å². The first-order valence-electron chi connectivity index (χ1n) is 8.89. The highest BCUT2D eigenvalue weighted by atomic mass is 15.2. The van der Waals surface area contributed by atoms with Crippen molar-refractivity contribution in [3.63, 3.8) is 0 Å². The lowest BCUT2D eigenvalue weighted by Crippen LogP contribution is -2.51. The summed E-state index contributed by atoms with van der Waals surface area (Å²) in [5.74, 6) is 0.764. The molecule has 1 saturated heterocycles. The Kier molecular flexibility index (Phi) is 4.19. The lowest BCUT2D eigenvalue weighted by atomic mass is 9.60. The van der Waals surface area contributed by atoms with Gasteiger partial charge in [-0.3, -0.25) is 9.88 Å². The molecule has 0 atom stereocenters. The van der Waals surface area contributed by atoms with Crippen LogP contribution in [0.1, 0.15) is 36.9 Å². The number of hydrogen-bond acceptors (Lipinski definition) is 5. The third kappa shape index (κ3) is 3.26. The second-order valence-corrected chi connectivity index (χ2v) is 7.37. The van der Waals surface area contributed by atoms with Crippen LogP contribution in [0.4, 0.5) is 5.95 Å². The average molecular weight is 323 g/mol. The van der Waals surface area contributed by atoms with Gasteiger partial charge in [-0.25, -0.2) is 9.97 Å². The zero-order valence-corrected chi connectivity index (χ0v) is 14.3. The number of nitrogens with zero attached hydrogens (tertiary/aromatic N) is 4. The van der Waals surface area contributed by atoms with E-state index in [0.29, 0.717) is 11.5 Å². The molecule has 2 fully saturated rings. The summed E-state index contributed by atoms with van der Waals surface area (Å²) < 4.78 is 0. The van der Waals surface area contributed by atoms with Crippen molar-refractivity contribution in [2.45, 2.75) is 45.2 Å². The Balaban J connectivity index is 1.26. The zero-order chi connectivity index (χ0) is 16.4. The number of likely N-dealkylation sites (tertiary alicyclic amines) is 1. The standard InChI is InChI=1S/C19H25N5/c1-15-4-2-7-20-17(15)14-24-10-5-19(6-11-24)12-16(13-19)23-18-21-8-3-9-22-18/h2-4,7-9,16H,5-6,10-14H2,1H3,(H,21,22,23). The summed E-state index contributed by atoms with van der Waals surface area (Å²) in [6, 6.07) is 6.56. The summed E-state index contributed by atoms with van der Waals surface area (Å²) in [6.45, 7) is 5.51. The Bertz CT molecular complexity index is 671. The first-order chi connectivity index (χ1) is 11.7. The van der Waals surface area contributed by atoms with Gasteiger partial charge in [0.25, 0.3) is 0 Å². The molecule has 0 amide bonds. The number of pyridine rings is 1. The molecule has 1 spiro atoms. The molecule has 0 aromatic carbocycles.